The highest BCUT2D eigenvalue weighted by atomic mass is 16.5. The second kappa shape index (κ2) is 7.47. The molecule has 0 fully saturated rings. The van der Waals surface area contributed by atoms with Crippen LogP contribution in [0.5, 0.6) is 5.75 Å². The van der Waals surface area contributed by atoms with Crippen molar-refractivity contribution in [2.24, 2.45) is 0 Å². The summed E-state index contributed by atoms with van der Waals surface area (Å²) >= 11 is 0. The van der Waals surface area contributed by atoms with E-state index in [1.807, 2.05) is 24.3 Å². The molecule has 0 unspecified atom stereocenters. The molecule has 1 rings (SSSR count). The Kier molecular flexibility index (Phi) is 5.96. The minimum Gasteiger partial charge on any atom is -0.497 e. The third-order valence-electron chi connectivity index (χ3n) is 2.95. The van der Waals surface area contributed by atoms with Crippen LogP contribution in [0.25, 0.3) is 6.08 Å². The molecule has 0 aliphatic rings. The van der Waals surface area contributed by atoms with E-state index < -0.39 is 11.5 Å². The van der Waals surface area contributed by atoms with Crippen molar-refractivity contribution in [3.63, 3.8) is 0 Å². The summed E-state index contributed by atoms with van der Waals surface area (Å²) in [6, 6.07) is 7.35. The van der Waals surface area contributed by atoms with Crippen LogP contribution in [0.3, 0.4) is 0 Å². The zero-order chi connectivity index (χ0) is 15.9. The molecule has 5 heteroatoms. The van der Waals surface area contributed by atoms with Gasteiger partial charge in [-0.15, -0.1) is 0 Å². The number of methoxy groups -OCH3 is 1. The van der Waals surface area contributed by atoms with E-state index in [1.165, 1.54) is 6.08 Å². The number of carboxylic acid groups (broad SMARTS) is 1. The van der Waals surface area contributed by atoms with Crippen molar-refractivity contribution in [2.75, 3.05) is 7.11 Å². The van der Waals surface area contributed by atoms with Crippen LogP contribution in [0.15, 0.2) is 30.3 Å². The molecule has 0 radical (unpaired) electrons. The Labute approximate surface area is 124 Å². The fourth-order valence-corrected chi connectivity index (χ4v) is 1.77. The number of ether oxygens (including phenoxy) is 1. The Hall–Kier alpha value is -2.30. The topological polar surface area (TPSA) is 75.6 Å². The monoisotopic (exact) mass is 291 g/mol. The smallest absolute Gasteiger partial charge is 0.303 e. The molecule has 1 amide bonds. The fraction of sp³-hybridized carbons (Fsp3) is 0.375. The van der Waals surface area contributed by atoms with E-state index in [9.17, 15) is 9.59 Å². The zero-order valence-electron chi connectivity index (χ0n) is 12.6. The lowest BCUT2D eigenvalue weighted by atomic mass is 9.98. The van der Waals surface area contributed by atoms with Crippen LogP contribution in [-0.4, -0.2) is 29.6 Å². The average molecular weight is 291 g/mol. The van der Waals surface area contributed by atoms with Crippen LogP contribution >= 0.6 is 0 Å². The minimum absolute atomic E-state index is 0.0207. The lowest BCUT2D eigenvalue weighted by Gasteiger charge is -2.24. The molecule has 0 saturated heterocycles. The molecule has 0 heterocycles. The minimum atomic E-state index is -0.871. The summed E-state index contributed by atoms with van der Waals surface area (Å²) in [5.41, 5.74) is 0.293. The van der Waals surface area contributed by atoms with Crippen molar-refractivity contribution in [1.29, 1.82) is 0 Å². The molecule has 2 N–H and O–H groups in total. The lowest BCUT2D eigenvalue weighted by molar-refractivity contribution is -0.137. The molecule has 0 bridgehead atoms. The van der Waals surface area contributed by atoms with Gasteiger partial charge in [0.15, 0.2) is 0 Å². The van der Waals surface area contributed by atoms with Crippen LogP contribution in [0.4, 0.5) is 0 Å². The van der Waals surface area contributed by atoms with E-state index >= 15 is 0 Å². The Bertz CT molecular complexity index is 535. The maximum atomic E-state index is 11.9. The summed E-state index contributed by atoms with van der Waals surface area (Å²) in [7, 11) is 1.58. The van der Waals surface area contributed by atoms with Crippen LogP contribution in [0.1, 0.15) is 32.3 Å². The summed E-state index contributed by atoms with van der Waals surface area (Å²) in [6.45, 7) is 3.60. The molecule has 114 valence electrons. The van der Waals surface area contributed by atoms with Crippen LogP contribution in [-0.2, 0) is 9.59 Å². The molecule has 0 aliphatic heterocycles. The number of carbonyl (C=O) groups excluding carboxylic acids is 1. The SMILES string of the molecule is COc1cccc(C=CC(=O)NC(C)(C)CCC(=O)O)c1. The van der Waals surface area contributed by atoms with Gasteiger partial charge in [-0.3, -0.25) is 9.59 Å². The standard InChI is InChI=1S/C16H21NO4/c1-16(2,10-9-15(19)20)17-14(18)8-7-12-5-4-6-13(11-12)21-3/h4-8,11H,9-10H2,1-3H3,(H,17,18)(H,19,20). The average Bonchev–Trinajstić information content (AvgIpc) is 2.43. The second-order valence-corrected chi connectivity index (χ2v) is 5.38. The van der Waals surface area contributed by atoms with E-state index in [0.717, 1.165) is 11.3 Å². The molecule has 0 atom stereocenters. The fourth-order valence-electron chi connectivity index (χ4n) is 1.77. The molecule has 21 heavy (non-hydrogen) atoms. The summed E-state index contributed by atoms with van der Waals surface area (Å²) < 4.78 is 5.11. The highest BCUT2D eigenvalue weighted by molar-refractivity contribution is 5.92. The third kappa shape index (κ3) is 6.61. The molecule has 0 spiro atoms. The number of hydrogen-bond acceptors (Lipinski definition) is 3. The first kappa shape index (κ1) is 16.8. The summed E-state index contributed by atoms with van der Waals surface area (Å²) in [5.74, 6) is -0.406. The number of nitrogens with one attached hydrogen (secondary N) is 1. The third-order valence-corrected chi connectivity index (χ3v) is 2.95. The van der Waals surface area contributed by atoms with Crippen molar-refractivity contribution >= 4 is 18.0 Å². The van der Waals surface area contributed by atoms with Crippen molar-refractivity contribution in [2.45, 2.75) is 32.2 Å². The largest absolute Gasteiger partial charge is 0.497 e. The van der Waals surface area contributed by atoms with Gasteiger partial charge >= 0.3 is 5.97 Å². The van der Waals surface area contributed by atoms with Gasteiger partial charge in [0.2, 0.25) is 5.91 Å². The Morgan fingerprint density at radius 3 is 2.71 bits per heavy atom. The molecule has 1 aromatic rings. The first-order chi connectivity index (χ1) is 9.82. The van der Waals surface area contributed by atoms with Crippen molar-refractivity contribution in [1.82, 2.24) is 5.32 Å². The van der Waals surface area contributed by atoms with Crippen LogP contribution < -0.4 is 10.1 Å². The Balaban J connectivity index is 2.59. The quantitative estimate of drug-likeness (QED) is 0.757. The zero-order valence-corrected chi connectivity index (χ0v) is 12.6. The number of hydrogen-bond donors (Lipinski definition) is 2. The van der Waals surface area contributed by atoms with E-state index in [4.69, 9.17) is 9.84 Å². The molecule has 0 aliphatic carbocycles. The van der Waals surface area contributed by atoms with Gasteiger partial charge in [0, 0.05) is 18.0 Å². The van der Waals surface area contributed by atoms with Gasteiger partial charge in [0.25, 0.3) is 0 Å². The number of rotatable bonds is 7. The van der Waals surface area contributed by atoms with Crippen molar-refractivity contribution < 1.29 is 19.4 Å². The van der Waals surface area contributed by atoms with E-state index in [-0.39, 0.29) is 12.3 Å². The normalized spacial score (nSPS) is 11.4. The second-order valence-electron chi connectivity index (χ2n) is 5.38. The maximum Gasteiger partial charge on any atom is 0.303 e. The van der Waals surface area contributed by atoms with Gasteiger partial charge in [-0.1, -0.05) is 12.1 Å². The summed E-state index contributed by atoms with van der Waals surface area (Å²) in [5, 5.41) is 11.5. The molecular formula is C16H21NO4. The van der Waals surface area contributed by atoms with Crippen LogP contribution in [0.2, 0.25) is 0 Å². The highest BCUT2D eigenvalue weighted by Crippen LogP contribution is 2.14. The van der Waals surface area contributed by atoms with Crippen LogP contribution in [0, 0.1) is 0 Å². The Morgan fingerprint density at radius 2 is 2.10 bits per heavy atom. The number of carbonyl (C=O) groups is 2. The number of carboxylic acids is 1. The van der Waals surface area contributed by atoms with Gasteiger partial charge in [0.05, 0.1) is 7.11 Å². The molecule has 5 nitrogen and oxygen atoms in total. The van der Waals surface area contributed by atoms with E-state index in [0.29, 0.717) is 6.42 Å². The first-order valence-electron chi connectivity index (χ1n) is 6.68. The molecular weight excluding hydrogens is 270 g/mol. The van der Waals surface area contributed by atoms with Gasteiger partial charge in [-0.25, -0.2) is 0 Å². The molecule has 1 aromatic carbocycles. The van der Waals surface area contributed by atoms with Gasteiger partial charge in [-0.2, -0.15) is 0 Å². The van der Waals surface area contributed by atoms with E-state index in [1.54, 1.807) is 27.0 Å². The van der Waals surface area contributed by atoms with Gasteiger partial charge in [-0.05, 0) is 44.0 Å². The number of amides is 1. The molecule has 0 saturated carbocycles. The van der Waals surface area contributed by atoms with Gasteiger partial charge in [0.1, 0.15) is 5.75 Å². The summed E-state index contributed by atoms with van der Waals surface area (Å²) in [4.78, 5) is 22.4. The Morgan fingerprint density at radius 1 is 1.38 bits per heavy atom. The first-order valence-corrected chi connectivity index (χ1v) is 6.68. The van der Waals surface area contributed by atoms with Crippen molar-refractivity contribution in [3.8, 4) is 5.75 Å². The maximum absolute atomic E-state index is 11.9. The number of aliphatic carboxylic acids is 1. The highest BCUT2D eigenvalue weighted by Gasteiger charge is 2.20. The predicted octanol–water partition coefficient (Wildman–Crippen LogP) is 2.47. The van der Waals surface area contributed by atoms with Crippen molar-refractivity contribution in [3.05, 3.63) is 35.9 Å². The predicted molar refractivity (Wildman–Crippen MR) is 81.1 cm³/mol. The lowest BCUT2D eigenvalue weighted by Crippen LogP contribution is -2.42. The molecule has 0 aromatic heterocycles. The van der Waals surface area contributed by atoms with E-state index in [2.05, 4.69) is 5.32 Å². The van der Waals surface area contributed by atoms with Gasteiger partial charge < -0.3 is 15.2 Å². The summed E-state index contributed by atoms with van der Waals surface area (Å²) in [6.07, 6.45) is 3.51. The number of benzene rings is 1.